The lowest BCUT2D eigenvalue weighted by Crippen LogP contribution is -1.96. The summed E-state index contributed by atoms with van der Waals surface area (Å²) in [4.78, 5) is 11.4. The number of ketones is 1. The number of carbonyl (C=O) groups is 1. The SMILES string of the molecule is CCCCCCCCCCCCCCCCCCCCCCCC(=O)CCC. The van der Waals surface area contributed by atoms with Crippen molar-refractivity contribution in [2.45, 2.75) is 168 Å². The minimum absolute atomic E-state index is 0.473. The third-order valence-electron chi connectivity index (χ3n) is 6.09. The quantitative estimate of drug-likeness (QED) is 0.149. The maximum Gasteiger partial charge on any atom is 0.132 e. The maximum atomic E-state index is 11.4. The fourth-order valence-electron chi connectivity index (χ4n) is 4.16. The molecule has 168 valence electrons. The molecule has 0 bridgehead atoms. The number of rotatable bonds is 24. The third kappa shape index (κ3) is 23.7. The molecule has 0 atom stereocenters. The number of Topliss-reactive ketones (excluding diaryl/α,β-unsaturated/α-hetero) is 1. The smallest absolute Gasteiger partial charge is 0.132 e. The molecule has 0 aromatic carbocycles. The summed E-state index contributed by atoms with van der Waals surface area (Å²) in [6.45, 7) is 4.39. The molecule has 0 aromatic heterocycles. The number of unbranched alkanes of at least 4 members (excludes halogenated alkanes) is 20. The largest absolute Gasteiger partial charge is 0.300 e. The first-order chi connectivity index (χ1) is 13.8. The van der Waals surface area contributed by atoms with E-state index in [2.05, 4.69) is 13.8 Å². The lowest BCUT2D eigenvalue weighted by atomic mass is 10.0. The highest BCUT2D eigenvalue weighted by atomic mass is 16.1. The van der Waals surface area contributed by atoms with Crippen LogP contribution >= 0.6 is 0 Å². The van der Waals surface area contributed by atoms with Crippen LogP contribution in [-0.4, -0.2) is 5.78 Å². The van der Waals surface area contributed by atoms with Crippen molar-refractivity contribution in [2.24, 2.45) is 0 Å². The van der Waals surface area contributed by atoms with Gasteiger partial charge in [-0.25, -0.2) is 0 Å². The van der Waals surface area contributed by atoms with Gasteiger partial charge in [0.05, 0.1) is 0 Å². The minimum atomic E-state index is 0.473. The molecule has 1 nitrogen and oxygen atoms in total. The first-order valence-corrected chi connectivity index (χ1v) is 13.3. The van der Waals surface area contributed by atoms with Gasteiger partial charge in [0.2, 0.25) is 0 Å². The normalized spacial score (nSPS) is 11.2. The Kier molecular flexibility index (Phi) is 24.4. The molecule has 0 rings (SSSR count). The molecule has 0 radical (unpaired) electrons. The Morgan fingerprint density at radius 1 is 0.357 bits per heavy atom. The van der Waals surface area contributed by atoms with Gasteiger partial charge in [-0.2, -0.15) is 0 Å². The molecule has 0 spiro atoms. The van der Waals surface area contributed by atoms with Crippen LogP contribution in [0.4, 0.5) is 0 Å². The van der Waals surface area contributed by atoms with E-state index in [-0.39, 0.29) is 0 Å². The number of carbonyl (C=O) groups excluding carboxylic acids is 1. The van der Waals surface area contributed by atoms with Gasteiger partial charge in [-0.1, -0.05) is 142 Å². The molecular formula is C27H54O. The van der Waals surface area contributed by atoms with Gasteiger partial charge in [-0.05, 0) is 12.8 Å². The molecule has 0 aliphatic carbocycles. The molecule has 0 aliphatic heterocycles. The van der Waals surface area contributed by atoms with E-state index in [9.17, 15) is 4.79 Å². The molecule has 0 amide bonds. The van der Waals surface area contributed by atoms with Gasteiger partial charge >= 0.3 is 0 Å². The summed E-state index contributed by atoms with van der Waals surface area (Å²) in [6.07, 6.45) is 32.4. The van der Waals surface area contributed by atoms with E-state index < -0.39 is 0 Å². The van der Waals surface area contributed by atoms with Crippen LogP contribution in [0.5, 0.6) is 0 Å². The van der Waals surface area contributed by atoms with E-state index in [4.69, 9.17) is 0 Å². The Balaban J connectivity index is 3.02. The molecule has 0 heterocycles. The standard InChI is InChI=1S/C27H54O/c1-3-5-6-7-8-9-10-11-12-13-14-15-16-17-18-19-20-21-22-23-24-26-27(28)25-4-2/h3-26H2,1-2H3. The van der Waals surface area contributed by atoms with E-state index in [1.54, 1.807) is 0 Å². The van der Waals surface area contributed by atoms with Crippen molar-refractivity contribution in [1.82, 2.24) is 0 Å². The first kappa shape index (κ1) is 27.7. The first-order valence-electron chi connectivity index (χ1n) is 13.3. The fraction of sp³-hybridized carbons (Fsp3) is 0.963. The highest BCUT2D eigenvalue weighted by Crippen LogP contribution is 2.15. The topological polar surface area (TPSA) is 17.1 Å². The highest BCUT2D eigenvalue weighted by molar-refractivity contribution is 5.78. The fourth-order valence-corrected chi connectivity index (χ4v) is 4.16. The van der Waals surface area contributed by atoms with Crippen molar-refractivity contribution in [2.75, 3.05) is 0 Å². The molecule has 0 saturated carbocycles. The van der Waals surface area contributed by atoms with Gasteiger partial charge in [0.1, 0.15) is 5.78 Å². The molecule has 0 aromatic rings. The zero-order valence-electron chi connectivity index (χ0n) is 19.9. The highest BCUT2D eigenvalue weighted by Gasteiger charge is 1.99. The Bertz CT molecular complexity index is 297. The Hall–Kier alpha value is -0.330. The van der Waals surface area contributed by atoms with Crippen molar-refractivity contribution in [3.05, 3.63) is 0 Å². The molecule has 28 heavy (non-hydrogen) atoms. The van der Waals surface area contributed by atoms with Crippen LogP contribution in [0.3, 0.4) is 0 Å². The minimum Gasteiger partial charge on any atom is -0.300 e. The zero-order chi connectivity index (χ0) is 20.5. The van der Waals surface area contributed by atoms with Crippen molar-refractivity contribution in [1.29, 1.82) is 0 Å². The maximum absolute atomic E-state index is 11.4. The molecule has 0 N–H and O–H groups in total. The van der Waals surface area contributed by atoms with Crippen LogP contribution < -0.4 is 0 Å². The van der Waals surface area contributed by atoms with E-state index in [1.807, 2.05) is 0 Å². The second-order valence-electron chi connectivity index (χ2n) is 9.11. The number of hydrogen-bond donors (Lipinski definition) is 0. The lowest BCUT2D eigenvalue weighted by molar-refractivity contribution is -0.119. The summed E-state index contributed by atoms with van der Waals surface area (Å²) < 4.78 is 0. The monoisotopic (exact) mass is 394 g/mol. The van der Waals surface area contributed by atoms with Crippen LogP contribution in [0, 0.1) is 0 Å². The van der Waals surface area contributed by atoms with Gasteiger partial charge < -0.3 is 0 Å². The van der Waals surface area contributed by atoms with Gasteiger partial charge in [0.25, 0.3) is 0 Å². The van der Waals surface area contributed by atoms with Gasteiger partial charge in [0.15, 0.2) is 0 Å². The third-order valence-corrected chi connectivity index (χ3v) is 6.09. The average molecular weight is 395 g/mol. The summed E-state index contributed by atoms with van der Waals surface area (Å²) >= 11 is 0. The molecule has 1 heteroatoms. The van der Waals surface area contributed by atoms with Crippen molar-refractivity contribution in [3.8, 4) is 0 Å². The van der Waals surface area contributed by atoms with Crippen LogP contribution in [0.25, 0.3) is 0 Å². The predicted molar refractivity (Wildman–Crippen MR) is 127 cm³/mol. The second kappa shape index (κ2) is 24.7. The van der Waals surface area contributed by atoms with E-state index in [0.29, 0.717) is 5.78 Å². The van der Waals surface area contributed by atoms with Crippen LogP contribution in [0.15, 0.2) is 0 Å². The molecule has 0 unspecified atom stereocenters. The summed E-state index contributed by atoms with van der Waals surface area (Å²) in [5.41, 5.74) is 0. The summed E-state index contributed by atoms with van der Waals surface area (Å²) in [7, 11) is 0. The van der Waals surface area contributed by atoms with E-state index >= 15 is 0 Å². The summed E-state index contributed by atoms with van der Waals surface area (Å²) in [5, 5.41) is 0. The van der Waals surface area contributed by atoms with Gasteiger partial charge in [-0.3, -0.25) is 4.79 Å². The van der Waals surface area contributed by atoms with E-state index in [0.717, 1.165) is 25.7 Å². The zero-order valence-corrected chi connectivity index (χ0v) is 19.9. The molecular weight excluding hydrogens is 340 g/mol. The Morgan fingerprint density at radius 3 is 0.929 bits per heavy atom. The van der Waals surface area contributed by atoms with Crippen molar-refractivity contribution in [3.63, 3.8) is 0 Å². The van der Waals surface area contributed by atoms with Crippen LogP contribution in [0.1, 0.15) is 168 Å². The van der Waals surface area contributed by atoms with Crippen molar-refractivity contribution >= 4 is 5.78 Å². The van der Waals surface area contributed by atoms with Crippen LogP contribution in [-0.2, 0) is 4.79 Å². The predicted octanol–water partition coefficient (Wildman–Crippen LogP) is 9.96. The summed E-state index contributed by atoms with van der Waals surface area (Å²) in [5.74, 6) is 0.473. The Morgan fingerprint density at radius 2 is 0.643 bits per heavy atom. The van der Waals surface area contributed by atoms with E-state index in [1.165, 1.54) is 128 Å². The second-order valence-corrected chi connectivity index (χ2v) is 9.11. The number of hydrogen-bond acceptors (Lipinski definition) is 1. The molecule has 0 saturated heterocycles. The van der Waals surface area contributed by atoms with Gasteiger partial charge in [-0.15, -0.1) is 0 Å². The lowest BCUT2D eigenvalue weighted by Gasteiger charge is -2.04. The summed E-state index contributed by atoms with van der Waals surface area (Å²) in [6, 6.07) is 0. The Labute approximate surface area is 178 Å². The molecule has 0 fully saturated rings. The van der Waals surface area contributed by atoms with Gasteiger partial charge in [0, 0.05) is 12.8 Å². The molecule has 0 aliphatic rings. The van der Waals surface area contributed by atoms with Crippen molar-refractivity contribution < 1.29 is 4.79 Å². The average Bonchev–Trinajstić information content (AvgIpc) is 2.69. The van der Waals surface area contributed by atoms with Crippen LogP contribution in [0.2, 0.25) is 0 Å².